The van der Waals surface area contributed by atoms with Crippen LogP contribution in [0.1, 0.15) is 34.6 Å². The minimum Gasteiger partial charge on any atom is -0.288 e. The molecule has 0 rings (SSSR count). The number of thioether (sulfide) groups is 1. The highest BCUT2D eigenvalue weighted by Gasteiger charge is 2.10. The summed E-state index contributed by atoms with van der Waals surface area (Å²) in [5, 5.41) is 0.550. The summed E-state index contributed by atoms with van der Waals surface area (Å²) in [6.07, 6.45) is 2.12. The number of rotatable bonds is 2. The second-order valence-electron chi connectivity index (χ2n) is 3.80. The van der Waals surface area contributed by atoms with Crippen LogP contribution in [0.4, 0.5) is 0 Å². The normalized spacial score (nSPS) is 16.7. The maximum Gasteiger partial charge on any atom is 0.0523 e. The number of hydrogen-bond acceptors (Lipinski definition) is 2. The van der Waals surface area contributed by atoms with Crippen LogP contribution in [-0.4, -0.2) is 22.8 Å². The highest BCUT2D eigenvalue weighted by molar-refractivity contribution is 7.99. The Bertz CT molecular complexity index is 144. The van der Waals surface area contributed by atoms with Crippen molar-refractivity contribution in [2.75, 3.05) is 6.26 Å². The molecule has 2 heteroatoms. The topological polar surface area (TPSA) is 12.4 Å². The van der Waals surface area contributed by atoms with Gasteiger partial charge >= 0.3 is 0 Å². The van der Waals surface area contributed by atoms with Gasteiger partial charge in [0.2, 0.25) is 0 Å². The van der Waals surface area contributed by atoms with E-state index >= 15 is 0 Å². The van der Waals surface area contributed by atoms with Crippen LogP contribution >= 0.6 is 11.8 Å². The van der Waals surface area contributed by atoms with Crippen LogP contribution in [0.25, 0.3) is 0 Å². The van der Waals surface area contributed by atoms with Gasteiger partial charge in [0, 0.05) is 11.0 Å². The fourth-order valence-corrected chi connectivity index (χ4v) is 1.18. The van der Waals surface area contributed by atoms with Crippen LogP contribution in [0.2, 0.25) is 0 Å². The quantitative estimate of drug-likeness (QED) is 0.585. The van der Waals surface area contributed by atoms with Crippen LogP contribution in [0.15, 0.2) is 4.99 Å². The second-order valence-corrected chi connectivity index (χ2v) is 4.98. The third-order valence-corrected chi connectivity index (χ3v) is 2.50. The summed E-state index contributed by atoms with van der Waals surface area (Å²) in [5.74, 6) is 0. The largest absolute Gasteiger partial charge is 0.288 e. The van der Waals surface area contributed by atoms with Crippen molar-refractivity contribution in [3.05, 3.63) is 0 Å². The molecule has 0 spiro atoms. The molecular formula is C9H19NS. The lowest BCUT2D eigenvalue weighted by Crippen LogP contribution is -2.17. The molecule has 1 unspecified atom stereocenters. The van der Waals surface area contributed by atoms with E-state index in [4.69, 9.17) is 0 Å². The lowest BCUT2D eigenvalue weighted by molar-refractivity contribution is 0.582. The molecular weight excluding hydrogens is 154 g/mol. The summed E-state index contributed by atoms with van der Waals surface area (Å²) < 4.78 is 0. The average Bonchev–Trinajstić information content (AvgIpc) is 1.82. The van der Waals surface area contributed by atoms with E-state index < -0.39 is 0 Å². The van der Waals surface area contributed by atoms with Crippen molar-refractivity contribution in [2.45, 2.75) is 45.4 Å². The predicted octanol–water partition coefficient (Wildman–Crippen LogP) is 3.00. The van der Waals surface area contributed by atoms with E-state index in [9.17, 15) is 0 Å². The number of nitrogens with zero attached hydrogens (tertiary/aromatic N) is 1. The summed E-state index contributed by atoms with van der Waals surface area (Å²) >= 11 is 1.84. The lowest BCUT2D eigenvalue weighted by Gasteiger charge is -2.16. The molecule has 0 aliphatic carbocycles. The fourth-order valence-electron chi connectivity index (χ4n) is 0.791. The molecule has 1 nitrogen and oxygen atoms in total. The summed E-state index contributed by atoms with van der Waals surface area (Å²) in [6.45, 7) is 10.7. The minimum absolute atomic E-state index is 0.0775. The van der Waals surface area contributed by atoms with Gasteiger partial charge in [-0.15, -0.1) is 0 Å². The van der Waals surface area contributed by atoms with Crippen molar-refractivity contribution in [2.24, 2.45) is 4.99 Å². The van der Waals surface area contributed by atoms with Gasteiger partial charge in [-0.2, -0.15) is 11.8 Å². The van der Waals surface area contributed by atoms with E-state index in [1.54, 1.807) is 0 Å². The van der Waals surface area contributed by atoms with Crippen LogP contribution < -0.4 is 0 Å². The van der Waals surface area contributed by atoms with E-state index in [-0.39, 0.29) is 5.54 Å². The number of aliphatic imine (C=N–C) groups is 1. The van der Waals surface area contributed by atoms with E-state index in [0.29, 0.717) is 5.25 Å². The van der Waals surface area contributed by atoms with Gasteiger partial charge in [-0.25, -0.2) is 0 Å². The Hall–Kier alpha value is 0.0200. The molecule has 11 heavy (non-hydrogen) atoms. The van der Waals surface area contributed by atoms with Gasteiger partial charge in [-0.05, 0) is 40.9 Å². The Morgan fingerprint density at radius 1 is 1.36 bits per heavy atom. The first-order valence-corrected chi connectivity index (χ1v) is 5.25. The zero-order valence-corrected chi connectivity index (χ0v) is 9.25. The zero-order valence-electron chi connectivity index (χ0n) is 8.43. The maximum atomic E-state index is 4.58. The molecule has 0 radical (unpaired) electrons. The minimum atomic E-state index is 0.0775. The van der Waals surface area contributed by atoms with E-state index in [1.165, 1.54) is 5.71 Å². The Kier molecular flexibility index (Phi) is 4.16. The third kappa shape index (κ3) is 5.31. The van der Waals surface area contributed by atoms with Gasteiger partial charge in [0.25, 0.3) is 0 Å². The third-order valence-electron chi connectivity index (χ3n) is 1.45. The van der Waals surface area contributed by atoms with E-state index in [2.05, 4.69) is 45.9 Å². The molecule has 1 atom stereocenters. The molecule has 0 aliphatic heterocycles. The Labute approximate surface area is 74.7 Å². The van der Waals surface area contributed by atoms with Crippen LogP contribution in [0, 0.1) is 0 Å². The van der Waals surface area contributed by atoms with Crippen molar-refractivity contribution < 1.29 is 0 Å². The summed E-state index contributed by atoms with van der Waals surface area (Å²) in [6, 6.07) is 0. The van der Waals surface area contributed by atoms with E-state index in [0.717, 1.165) is 0 Å². The van der Waals surface area contributed by atoms with Crippen molar-refractivity contribution >= 4 is 17.5 Å². The molecule has 0 aromatic rings. The molecule has 0 heterocycles. The highest BCUT2D eigenvalue weighted by Crippen LogP contribution is 2.13. The van der Waals surface area contributed by atoms with Crippen LogP contribution in [-0.2, 0) is 0 Å². The van der Waals surface area contributed by atoms with E-state index in [1.807, 2.05) is 11.8 Å². The second kappa shape index (κ2) is 4.15. The summed E-state index contributed by atoms with van der Waals surface area (Å²) in [7, 11) is 0. The highest BCUT2D eigenvalue weighted by atomic mass is 32.2. The zero-order chi connectivity index (χ0) is 9.07. The molecule has 0 saturated carbocycles. The Balaban J connectivity index is 4.22. The first-order valence-electron chi connectivity index (χ1n) is 3.96. The van der Waals surface area contributed by atoms with Gasteiger partial charge < -0.3 is 0 Å². The maximum absolute atomic E-state index is 4.58. The van der Waals surface area contributed by atoms with Gasteiger partial charge in [-0.3, -0.25) is 4.99 Å². The molecule has 0 bridgehead atoms. The van der Waals surface area contributed by atoms with Crippen molar-refractivity contribution in [1.82, 2.24) is 0 Å². The van der Waals surface area contributed by atoms with Gasteiger partial charge in [0.05, 0.1) is 5.54 Å². The first kappa shape index (κ1) is 11.0. The van der Waals surface area contributed by atoms with Crippen LogP contribution in [0.5, 0.6) is 0 Å². The lowest BCUT2D eigenvalue weighted by atomic mass is 10.1. The predicted molar refractivity (Wildman–Crippen MR) is 55.8 cm³/mol. The smallest absolute Gasteiger partial charge is 0.0523 e. The van der Waals surface area contributed by atoms with Crippen molar-refractivity contribution in [1.29, 1.82) is 0 Å². The molecule has 0 aliphatic rings. The fraction of sp³-hybridized carbons (Fsp3) is 0.889. The molecule has 66 valence electrons. The van der Waals surface area contributed by atoms with Crippen LogP contribution in [0.3, 0.4) is 0 Å². The molecule has 0 aromatic heterocycles. The monoisotopic (exact) mass is 173 g/mol. The molecule has 0 N–H and O–H groups in total. The molecule has 0 saturated heterocycles. The molecule has 0 fully saturated rings. The van der Waals surface area contributed by atoms with Gasteiger partial charge in [-0.1, -0.05) is 0 Å². The Morgan fingerprint density at radius 3 is 2.09 bits per heavy atom. The molecule has 0 aromatic carbocycles. The standard InChI is InChI=1S/C9H19NS/c1-7(8(2)11-6)10-9(3,4)5/h8H,1-6H3/b10-7-. The summed E-state index contributed by atoms with van der Waals surface area (Å²) in [5.41, 5.74) is 1.32. The first-order chi connectivity index (χ1) is 4.87. The SMILES string of the molecule is CSC(C)/C(C)=N\C(C)(C)C. The molecule has 0 amide bonds. The van der Waals surface area contributed by atoms with Gasteiger partial charge in [0.1, 0.15) is 0 Å². The number of hydrogen-bond donors (Lipinski definition) is 0. The average molecular weight is 173 g/mol. The Morgan fingerprint density at radius 2 is 1.82 bits per heavy atom. The van der Waals surface area contributed by atoms with Crippen molar-refractivity contribution in [3.8, 4) is 0 Å². The van der Waals surface area contributed by atoms with Crippen molar-refractivity contribution in [3.63, 3.8) is 0 Å². The summed E-state index contributed by atoms with van der Waals surface area (Å²) in [4.78, 5) is 4.58. The van der Waals surface area contributed by atoms with Gasteiger partial charge in [0.15, 0.2) is 0 Å².